The van der Waals surface area contributed by atoms with E-state index in [1.54, 1.807) is 17.5 Å². The summed E-state index contributed by atoms with van der Waals surface area (Å²) in [5.74, 6) is 7.72. The average Bonchev–Trinajstić information content (AvgIpc) is 3.38. The second-order valence-corrected chi connectivity index (χ2v) is 10.1. The summed E-state index contributed by atoms with van der Waals surface area (Å²) in [7, 11) is 0. The number of aromatic nitrogens is 2. The summed E-state index contributed by atoms with van der Waals surface area (Å²) in [6.45, 7) is 3.88. The van der Waals surface area contributed by atoms with E-state index in [1.807, 2.05) is 19.3 Å². The summed E-state index contributed by atoms with van der Waals surface area (Å²) in [6.07, 6.45) is 10.9. The van der Waals surface area contributed by atoms with Crippen molar-refractivity contribution in [1.29, 1.82) is 0 Å². The number of nitrogens with zero attached hydrogens (tertiary/aromatic N) is 2. The van der Waals surface area contributed by atoms with Crippen LogP contribution in [0.15, 0.2) is 36.8 Å². The molecule has 2 fully saturated rings. The minimum atomic E-state index is -0.0798. The highest BCUT2D eigenvalue weighted by Gasteiger charge is 2.28. The van der Waals surface area contributed by atoms with Crippen LogP contribution in [0.5, 0.6) is 5.75 Å². The molecule has 0 amide bonds. The van der Waals surface area contributed by atoms with Gasteiger partial charge in [-0.15, -0.1) is 11.3 Å². The molecule has 2 aliphatic rings. The minimum Gasteiger partial charge on any atom is -0.488 e. The highest BCUT2D eigenvalue weighted by molar-refractivity contribution is 7.15. The maximum absolute atomic E-state index is 12.0. The number of hydrogen-bond acceptors (Lipinski definition) is 7. The number of esters is 1. The van der Waals surface area contributed by atoms with Gasteiger partial charge < -0.3 is 14.2 Å². The van der Waals surface area contributed by atoms with Crippen LogP contribution >= 0.6 is 11.3 Å². The monoisotopic (exact) mass is 490 g/mol. The third kappa shape index (κ3) is 5.83. The van der Waals surface area contributed by atoms with Gasteiger partial charge in [0.15, 0.2) is 5.01 Å². The lowest BCUT2D eigenvalue weighted by atomic mass is 9.87. The standard InChI is InChI=1S/C28H30N2O4S/c1-2-33-28(31)20-6-8-23(9-7-20)34-25-17-29-16-22-5-4-21(15-24(22)25)26-18-30-27(35-26)10-3-19-11-13-32-14-12-19/h4-5,15-20,23H,2,6-9,11-14H2,1H3. The molecule has 0 N–H and O–H groups in total. The van der Waals surface area contributed by atoms with Crippen LogP contribution in [0.2, 0.25) is 0 Å². The predicted molar refractivity (Wildman–Crippen MR) is 136 cm³/mol. The Balaban J connectivity index is 1.30. The maximum Gasteiger partial charge on any atom is 0.308 e. The number of thiazole rings is 1. The lowest BCUT2D eigenvalue weighted by Gasteiger charge is -2.28. The molecule has 35 heavy (non-hydrogen) atoms. The Morgan fingerprint density at radius 2 is 1.94 bits per heavy atom. The van der Waals surface area contributed by atoms with E-state index in [4.69, 9.17) is 14.2 Å². The van der Waals surface area contributed by atoms with Crippen LogP contribution in [0, 0.1) is 23.7 Å². The van der Waals surface area contributed by atoms with Crippen LogP contribution in [0.25, 0.3) is 21.2 Å². The van der Waals surface area contributed by atoms with Crippen LogP contribution in [0.3, 0.4) is 0 Å². The minimum absolute atomic E-state index is 0.0119. The van der Waals surface area contributed by atoms with Gasteiger partial charge in [0.05, 0.1) is 29.7 Å². The summed E-state index contributed by atoms with van der Waals surface area (Å²) in [5.41, 5.74) is 1.09. The number of ether oxygens (including phenoxy) is 3. The van der Waals surface area contributed by atoms with Crippen molar-refractivity contribution in [1.82, 2.24) is 9.97 Å². The average molecular weight is 491 g/mol. The van der Waals surface area contributed by atoms with Gasteiger partial charge in [0.25, 0.3) is 0 Å². The smallest absolute Gasteiger partial charge is 0.308 e. The Morgan fingerprint density at radius 3 is 2.74 bits per heavy atom. The molecular weight excluding hydrogens is 460 g/mol. The second-order valence-electron chi connectivity index (χ2n) is 9.10. The first kappa shape index (κ1) is 23.8. The molecular formula is C28H30N2O4S. The number of fused-ring (bicyclic) bond motifs is 1. The molecule has 3 aromatic rings. The van der Waals surface area contributed by atoms with E-state index < -0.39 is 0 Å². The number of rotatable bonds is 5. The summed E-state index contributed by atoms with van der Waals surface area (Å²) >= 11 is 1.62. The first-order valence-electron chi connectivity index (χ1n) is 12.5. The number of benzene rings is 1. The van der Waals surface area contributed by atoms with E-state index in [1.165, 1.54) is 0 Å². The zero-order valence-corrected chi connectivity index (χ0v) is 20.8. The summed E-state index contributed by atoms with van der Waals surface area (Å²) in [4.78, 5) is 22.1. The molecule has 1 aliphatic heterocycles. The van der Waals surface area contributed by atoms with E-state index in [2.05, 4.69) is 40.0 Å². The first-order chi connectivity index (χ1) is 17.2. The number of hydrogen-bond donors (Lipinski definition) is 0. The fourth-order valence-electron chi connectivity index (χ4n) is 4.71. The van der Waals surface area contributed by atoms with E-state index >= 15 is 0 Å². The van der Waals surface area contributed by atoms with E-state index in [9.17, 15) is 4.79 Å². The third-order valence-corrected chi connectivity index (χ3v) is 7.67. The largest absolute Gasteiger partial charge is 0.488 e. The quantitative estimate of drug-likeness (QED) is 0.341. The van der Waals surface area contributed by atoms with Gasteiger partial charge in [-0.05, 0) is 63.0 Å². The molecule has 2 aromatic heterocycles. The van der Waals surface area contributed by atoms with Gasteiger partial charge in [-0.25, -0.2) is 4.98 Å². The van der Waals surface area contributed by atoms with Crippen LogP contribution in [-0.2, 0) is 14.3 Å². The lowest BCUT2D eigenvalue weighted by Crippen LogP contribution is -2.29. The van der Waals surface area contributed by atoms with Crippen LogP contribution in [0.1, 0.15) is 50.5 Å². The Morgan fingerprint density at radius 1 is 1.11 bits per heavy atom. The van der Waals surface area contributed by atoms with E-state index in [0.29, 0.717) is 12.5 Å². The van der Waals surface area contributed by atoms with Crippen LogP contribution < -0.4 is 4.74 Å². The van der Waals surface area contributed by atoms with Gasteiger partial charge in [0, 0.05) is 42.3 Å². The van der Waals surface area contributed by atoms with Crippen molar-refractivity contribution < 1.29 is 19.0 Å². The molecule has 1 aliphatic carbocycles. The van der Waals surface area contributed by atoms with Crippen molar-refractivity contribution in [2.24, 2.45) is 11.8 Å². The molecule has 0 unspecified atom stereocenters. The van der Waals surface area contributed by atoms with Gasteiger partial charge in [-0.2, -0.15) is 0 Å². The SMILES string of the molecule is CCOC(=O)C1CCC(Oc2cncc3ccc(-c4cnc(C#CC5CCOCC5)s4)cc23)CC1. The van der Waals surface area contributed by atoms with Crippen molar-refractivity contribution >= 4 is 28.1 Å². The van der Waals surface area contributed by atoms with Crippen LogP contribution in [0.4, 0.5) is 0 Å². The molecule has 3 heterocycles. The Bertz CT molecular complexity index is 1230. The summed E-state index contributed by atoms with van der Waals surface area (Å²) < 4.78 is 17.0. The molecule has 0 atom stereocenters. The summed E-state index contributed by atoms with van der Waals surface area (Å²) in [5, 5.41) is 2.92. The fraction of sp³-hybridized carbons (Fsp3) is 0.464. The number of carbonyl (C=O) groups excluding carboxylic acids is 1. The van der Waals surface area contributed by atoms with Crippen molar-refractivity contribution in [3.63, 3.8) is 0 Å². The third-order valence-electron chi connectivity index (χ3n) is 6.71. The van der Waals surface area contributed by atoms with Gasteiger partial charge in [-0.1, -0.05) is 18.1 Å². The predicted octanol–water partition coefficient (Wildman–Crippen LogP) is 5.64. The van der Waals surface area contributed by atoms with Crippen molar-refractivity contribution in [2.75, 3.05) is 19.8 Å². The molecule has 1 saturated heterocycles. The van der Waals surface area contributed by atoms with Crippen molar-refractivity contribution in [3.05, 3.63) is 41.8 Å². The molecule has 6 nitrogen and oxygen atoms in total. The van der Waals surface area contributed by atoms with Gasteiger partial charge in [0.2, 0.25) is 0 Å². The highest BCUT2D eigenvalue weighted by atomic mass is 32.1. The topological polar surface area (TPSA) is 70.5 Å². The first-order valence-corrected chi connectivity index (χ1v) is 13.3. The van der Waals surface area contributed by atoms with Gasteiger partial charge in [0.1, 0.15) is 5.75 Å². The van der Waals surface area contributed by atoms with Crippen molar-refractivity contribution in [2.45, 2.75) is 51.6 Å². The highest BCUT2D eigenvalue weighted by Crippen LogP contribution is 2.35. The van der Waals surface area contributed by atoms with Gasteiger partial charge >= 0.3 is 5.97 Å². The molecule has 0 spiro atoms. The molecule has 0 bridgehead atoms. The Hall–Kier alpha value is -2.95. The number of carbonyl (C=O) groups is 1. The fourth-order valence-corrected chi connectivity index (χ4v) is 5.49. The maximum atomic E-state index is 12.0. The normalized spacial score (nSPS) is 20.7. The summed E-state index contributed by atoms with van der Waals surface area (Å²) in [6, 6.07) is 6.33. The molecule has 1 saturated carbocycles. The van der Waals surface area contributed by atoms with Crippen LogP contribution in [-0.4, -0.2) is 41.9 Å². The zero-order valence-electron chi connectivity index (χ0n) is 20.0. The Labute approximate surface area is 210 Å². The molecule has 182 valence electrons. The molecule has 5 rings (SSSR count). The van der Waals surface area contributed by atoms with E-state index in [0.717, 1.165) is 83.7 Å². The molecule has 7 heteroatoms. The second kappa shape index (κ2) is 11.2. The molecule has 1 aromatic carbocycles. The molecule has 0 radical (unpaired) electrons. The van der Waals surface area contributed by atoms with Crippen molar-refractivity contribution in [3.8, 4) is 28.0 Å². The van der Waals surface area contributed by atoms with Gasteiger partial charge in [-0.3, -0.25) is 9.78 Å². The van der Waals surface area contributed by atoms with E-state index in [-0.39, 0.29) is 18.0 Å². The lowest BCUT2D eigenvalue weighted by molar-refractivity contribution is -0.149. The Kier molecular flexibility index (Phi) is 7.60. The number of pyridine rings is 1. The zero-order chi connectivity index (χ0) is 24.0.